The van der Waals surface area contributed by atoms with Crippen LogP contribution in [0.25, 0.3) is 5.69 Å². The fraction of sp³-hybridized carbons (Fsp3) is 0.500. The summed E-state index contributed by atoms with van der Waals surface area (Å²) in [5.41, 5.74) is 3.40. The maximum atomic E-state index is 14.3. The first-order chi connectivity index (χ1) is 17.0. The molecule has 1 saturated carbocycles. The van der Waals surface area contributed by atoms with E-state index < -0.39 is 0 Å². The molecule has 0 amide bonds. The number of anilines is 1. The Balaban J connectivity index is 1.14. The van der Waals surface area contributed by atoms with Crippen molar-refractivity contribution in [1.29, 1.82) is 0 Å². The van der Waals surface area contributed by atoms with Crippen LogP contribution in [0.4, 0.5) is 10.2 Å². The average Bonchev–Trinajstić information content (AvgIpc) is 3.42. The van der Waals surface area contributed by atoms with Gasteiger partial charge in [0.05, 0.1) is 18.8 Å². The van der Waals surface area contributed by atoms with E-state index in [2.05, 4.69) is 36.6 Å². The number of aryl methyl sites for hydroxylation is 1. The summed E-state index contributed by atoms with van der Waals surface area (Å²) in [6.07, 6.45) is 3.12. The van der Waals surface area contributed by atoms with Crippen LogP contribution in [0.3, 0.4) is 0 Å². The molecule has 2 saturated heterocycles. The van der Waals surface area contributed by atoms with Crippen molar-refractivity contribution in [3.63, 3.8) is 0 Å². The minimum absolute atomic E-state index is 0.218. The lowest BCUT2D eigenvalue weighted by molar-refractivity contribution is 0.0575. The van der Waals surface area contributed by atoms with Crippen molar-refractivity contribution >= 4 is 17.4 Å². The molecule has 182 valence electrons. The molecular formula is C26H28ClFN6O. The monoisotopic (exact) mass is 494 g/mol. The molecule has 0 unspecified atom stereocenters. The molecule has 0 N–H and O–H groups in total. The van der Waals surface area contributed by atoms with Gasteiger partial charge in [0.1, 0.15) is 5.82 Å². The summed E-state index contributed by atoms with van der Waals surface area (Å²) in [6, 6.07) is 9.76. The highest BCUT2D eigenvalue weighted by Crippen LogP contribution is 2.56. The van der Waals surface area contributed by atoms with E-state index in [1.54, 1.807) is 6.07 Å². The largest absolute Gasteiger partial charge is 0.380 e. The number of hydrogen-bond acceptors (Lipinski definition) is 6. The van der Waals surface area contributed by atoms with E-state index in [9.17, 15) is 4.39 Å². The predicted molar refractivity (Wildman–Crippen MR) is 130 cm³/mol. The maximum Gasteiger partial charge on any atom is 0.165 e. The normalized spacial score (nSPS) is 23.5. The lowest BCUT2D eigenvalue weighted by atomic mass is 9.57. The zero-order valence-electron chi connectivity index (χ0n) is 19.8. The highest BCUT2D eigenvalue weighted by molar-refractivity contribution is 6.30. The third kappa shape index (κ3) is 3.57. The molecule has 9 heteroatoms. The summed E-state index contributed by atoms with van der Waals surface area (Å²) >= 11 is 6.41. The van der Waals surface area contributed by atoms with Crippen LogP contribution in [0.5, 0.6) is 0 Å². The van der Waals surface area contributed by atoms with Gasteiger partial charge in [0.25, 0.3) is 0 Å². The number of hydrogen-bond donors (Lipinski definition) is 0. The van der Waals surface area contributed by atoms with Crippen molar-refractivity contribution in [3.8, 4) is 5.69 Å². The Morgan fingerprint density at radius 2 is 1.97 bits per heavy atom. The average molecular weight is 495 g/mol. The van der Waals surface area contributed by atoms with Gasteiger partial charge in [0.2, 0.25) is 0 Å². The Bertz CT molecular complexity index is 1290. The van der Waals surface area contributed by atoms with Crippen LogP contribution >= 0.6 is 11.6 Å². The molecule has 7 rings (SSSR count). The summed E-state index contributed by atoms with van der Waals surface area (Å²) in [7, 11) is 0. The van der Waals surface area contributed by atoms with E-state index in [0.717, 1.165) is 86.7 Å². The predicted octanol–water partition coefficient (Wildman–Crippen LogP) is 4.25. The van der Waals surface area contributed by atoms with Gasteiger partial charge in [0.15, 0.2) is 17.5 Å². The minimum atomic E-state index is -0.239. The van der Waals surface area contributed by atoms with Gasteiger partial charge >= 0.3 is 0 Å². The van der Waals surface area contributed by atoms with Gasteiger partial charge < -0.3 is 9.64 Å². The number of fused-ring (bicyclic) bond motifs is 3. The lowest BCUT2D eigenvalue weighted by Crippen LogP contribution is -2.62. The molecule has 3 aromatic rings. The third-order valence-electron chi connectivity index (χ3n) is 8.22. The maximum absolute atomic E-state index is 14.3. The molecule has 1 spiro atoms. The minimum Gasteiger partial charge on any atom is -0.380 e. The Hall–Kier alpha value is -2.55. The van der Waals surface area contributed by atoms with Crippen molar-refractivity contribution in [2.45, 2.75) is 51.2 Å². The molecule has 3 fully saturated rings. The topological polar surface area (TPSA) is 59.3 Å². The van der Waals surface area contributed by atoms with E-state index >= 15 is 0 Å². The van der Waals surface area contributed by atoms with Gasteiger partial charge in [-0.15, -0.1) is 10.2 Å². The Kier molecular flexibility index (Phi) is 4.95. The lowest BCUT2D eigenvalue weighted by Gasteiger charge is -2.59. The highest BCUT2D eigenvalue weighted by atomic mass is 35.5. The van der Waals surface area contributed by atoms with Crippen LogP contribution < -0.4 is 4.90 Å². The van der Waals surface area contributed by atoms with Gasteiger partial charge in [-0.2, -0.15) is 0 Å². The SMILES string of the molecule is Cc1ccc(F)c(N2CC3(CC(c4nnc5n4-c4ccc(Cl)cc4CN([C@H]4CCOC4)C5)C3)C2)n1. The summed E-state index contributed by atoms with van der Waals surface area (Å²) in [5, 5.41) is 10.1. The first-order valence-corrected chi connectivity index (χ1v) is 12.8. The first kappa shape index (κ1) is 21.7. The van der Waals surface area contributed by atoms with E-state index in [-0.39, 0.29) is 11.2 Å². The van der Waals surface area contributed by atoms with E-state index in [0.29, 0.717) is 17.8 Å². The molecule has 1 aromatic carbocycles. The number of benzene rings is 1. The Labute approximate surface area is 208 Å². The number of rotatable bonds is 3. The van der Waals surface area contributed by atoms with Crippen LogP contribution in [0.2, 0.25) is 5.02 Å². The second-order valence-corrected chi connectivity index (χ2v) is 11.2. The van der Waals surface area contributed by atoms with Gasteiger partial charge in [-0.25, -0.2) is 9.37 Å². The number of nitrogens with zero attached hydrogens (tertiary/aromatic N) is 6. The van der Waals surface area contributed by atoms with Crippen LogP contribution in [0.15, 0.2) is 30.3 Å². The fourth-order valence-electron chi connectivity index (χ4n) is 6.47. The molecule has 2 aromatic heterocycles. The standard InChI is InChI=1S/C26H28ClFN6O/c1-16-2-4-21(28)25(29-16)33-14-26(15-33)9-18(10-26)24-31-30-23-12-32(20-6-7-35-13-20)11-17-8-19(27)3-5-22(17)34(23)24/h2-5,8,18,20H,6-7,9-15H2,1H3/t20-/m0/s1. The first-order valence-electron chi connectivity index (χ1n) is 12.4. The zero-order chi connectivity index (χ0) is 23.7. The van der Waals surface area contributed by atoms with Crippen molar-refractivity contribution in [3.05, 3.63) is 64.1 Å². The smallest absolute Gasteiger partial charge is 0.165 e. The van der Waals surface area contributed by atoms with Crippen LogP contribution in [0.1, 0.15) is 48.1 Å². The Morgan fingerprint density at radius 1 is 1.11 bits per heavy atom. The second-order valence-electron chi connectivity index (χ2n) is 10.7. The molecule has 1 aliphatic carbocycles. The number of halogens is 2. The van der Waals surface area contributed by atoms with Crippen molar-refractivity contribution in [2.75, 3.05) is 31.2 Å². The summed E-state index contributed by atoms with van der Waals surface area (Å²) in [5.74, 6) is 2.61. The van der Waals surface area contributed by atoms with Crippen LogP contribution in [0, 0.1) is 18.2 Å². The van der Waals surface area contributed by atoms with Gasteiger partial charge in [-0.05, 0) is 62.1 Å². The molecule has 4 aliphatic rings. The van der Waals surface area contributed by atoms with Gasteiger partial charge in [-0.1, -0.05) is 11.6 Å². The molecule has 7 nitrogen and oxygen atoms in total. The quantitative estimate of drug-likeness (QED) is 0.542. The number of pyridine rings is 1. The van der Waals surface area contributed by atoms with E-state index in [1.807, 2.05) is 13.0 Å². The molecule has 5 heterocycles. The van der Waals surface area contributed by atoms with Crippen molar-refractivity contribution in [1.82, 2.24) is 24.6 Å². The number of ether oxygens (including phenoxy) is 1. The van der Waals surface area contributed by atoms with Crippen LogP contribution in [-0.4, -0.2) is 57.0 Å². The summed E-state index contributed by atoms with van der Waals surface area (Å²) in [6.45, 7) is 6.74. The summed E-state index contributed by atoms with van der Waals surface area (Å²) in [4.78, 5) is 8.95. The second kappa shape index (κ2) is 7.98. The molecule has 35 heavy (non-hydrogen) atoms. The molecule has 3 aliphatic heterocycles. The highest BCUT2D eigenvalue weighted by Gasteiger charge is 2.55. The van der Waals surface area contributed by atoms with Crippen molar-refractivity contribution < 1.29 is 9.13 Å². The van der Waals surface area contributed by atoms with Crippen molar-refractivity contribution in [2.24, 2.45) is 5.41 Å². The third-order valence-corrected chi connectivity index (χ3v) is 8.46. The summed E-state index contributed by atoms with van der Waals surface area (Å²) < 4.78 is 22.3. The fourth-order valence-corrected chi connectivity index (χ4v) is 6.67. The molecular weight excluding hydrogens is 467 g/mol. The van der Waals surface area contributed by atoms with E-state index in [4.69, 9.17) is 21.4 Å². The molecule has 0 radical (unpaired) electrons. The molecule has 0 bridgehead atoms. The Morgan fingerprint density at radius 3 is 2.77 bits per heavy atom. The zero-order valence-corrected chi connectivity index (χ0v) is 20.5. The van der Waals surface area contributed by atoms with E-state index in [1.165, 1.54) is 11.6 Å². The molecule has 1 atom stereocenters. The van der Waals surface area contributed by atoms with Gasteiger partial charge in [0, 0.05) is 54.3 Å². The van der Waals surface area contributed by atoms with Gasteiger partial charge in [-0.3, -0.25) is 9.47 Å². The van der Waals surface area contributed by atoms with Crippen LogP contribution in [-0.2, 0) is 17.8 Å². The number of aromatic nitrogens is 4.